The number of halogens is 5. The molecule has 0 bridgehead atoms. The zero-order chi connectivity index (χ0) is 18.0. The van der Waals surface area contributed by atoms with E-state index in [0.717, 1.165) is 0 Å². The van der Waals surface area contributed by atoms with Crippen LogP contribution in [-0.4, -0.2) is 43.8 Å². The molecule has 0 heterocycles. The molecule has 0 aliphatic rings. The van der Waals surface area contributed by atoms with Crippen LogP contribution >= 0.6 is 0 Å². The van der Waals surface area contributed by atoms with Crippen LogP contribution in [0.5, 0.6) is 0 Å². The van der Waals surface area contributed by atoms with Gasteiger partial charge in [0.2, 0.25) is 0 Å². The summed E-state index contributed by atoms with van der Waals surface area (Å²) in [5.41, 5.74) is 0.710. The predicted molar refractivity (Wildman–Crippen MR) is 70.6 cm³/mol. The quantitative estimate of drug-likeness (QED) is 0.765. The van der Waals surface area contributed by atoms with Gasteiger partial charge in [0.15, 0.2) is 0 Å². The summed E-state index contributed by atoms with van der Waals surface area (Å²) in [4.78, 5) is 10.6. The van der Waals surface area contributed by atoms with Crippen LogP contribution in [-0.2, 0) is 15.6 Å². The number of aryl methyl sites for hydroxylation is 1. The monoisotopic (exact) mass is 360 g/mol. The Morgan fingerprint density at radius 1 is 1.17 bits per heavy atom. The van der Waals surface area contributed by atoms with Crippen molar-refractivity contribution >= 4 is 16.8 Å². The van der Waals surface area contributed by atoms with Crippen LogP contribution in [0, 0.1) is 6.92 Å². The molecule has 3 atom stereocenters. The molecule has 4 nitrogen and oxygen atoms in total. The molecule has 1 aromatic carbocycles. The molecule has 0 spiro atoms. The Morgan fingerprint density at radius 2 is 1.65 bits per heavy atom. The van der Waals surface area contributed by atoms with E-state index in [2.05, 4.69) is 0 Å². The zero-order valence-electron chi connectivity index (χ0n) is 11.7. The zero-order valence-corrected chi connectivity index (χ0v) is 12.5. The van der Waals surface area contributed by atoms with Crippen molar-refractivity contribution in [3.05, 3.63) is 29.8 Å². The number of aliphatic hydroxyl groups is 1. The van der Waals surface area contributed by atoms with Crippen molar-refractivity contribution in [3.63, 3.8) is 0 Å². The summed E-state index contributed by atoms with van der Waals surface area (Å²) >= 11 is 0. The van der Waals surface area contributed by atoms with E-state index >= 15 is 0 Å². The minimum atomic E-state index is -6.10. The maximum absolute atomic E-state index is 13.3. The number of benzene rings is 1. The van der Waals surface area contributed by atoms with Gasteiger partial charge in [-0.3, -0.25) is 9.00 Å². The fourth-order valence-electron chi connectivity index (χ4n) is 1.72. The molecule has 0 fully saturated rings. The highest BCUT2D eigenvalue weighted by atomic mass is 32.2. The molecule has 2 N–H and O–H groups in total. The Morgan fingerprint density at radius 3 is 2.04 bits per heavy atom. The molecule has 0 amide bonds. The molecule has 23 heavy (non-hydrogen) atoms. The number of hydrogen-bond donors (Lipinski definition) is 2. The van der Waals surface area contributed by atoms with Crippen LogP contribution in [0.15, 0.2) is 29.2 Å². The first-order valence-corrected chi connectivity index (χ1v) is 7.41. The van der Waals surface area contributed by atoms with Crippen molar-refractivity contribution in [2.75, 3.05) is 0 Å². The van der Waals surface area contributed by atoms with Gasteiger partial charge in [0.25, 0.3) is 0 Å². The molecule has 130 valence electrons. The Kier molecular flexibility index (Phi) is 5.86. The van der Waals surface area contributed by atoms with Gasteiger partial charge in [-0.05, 0) is 19.1 Å². The number of aliphatic hydroxyl groups excluding tert-OH is 1. The Balaban J connectivity index is 3.21. The maximum Gasteiger partial charge on any atom is 0.456 e. The molecule has 0 aromatic heterocycles. The van der Waals surface area contributed by atoms with Gasteiger partial charge < -0.3 is 10.2 Å². The highest BCUT2D eigenvalue weighted by Gasteiger charge is 2.64. The van der Waals surface area contributed by atoms with Crippen molar-refractivity contribution in [2.45, 2.75) is 41.7 Å². The fourth-order valence-corrected chi connectivity index (χ4v) is 3.18. The van der Waals surface area contributed by atoms with Crippen LogP contribution in [0.4, 0.5) is 22.0 Å². The normalized spacial score (nSPS) is 16.7. The second kappa shape index (κ2) is 6.91. The number of carboxylic acid groups (broad SMARTS) is 1. The lowest BCUT2D eigenvalue weighted by Gasteiger charge is -2.29. The Bertz CT molecular complexity index is 585. The van der Waals surface area contributed by atoms with Gasteiger partial charge in [-0.15, -0.1) is 0 Å². The molecular formula is C13H13F5O4S. The second-order valence-corrected chi connectivity index (χ2v) is 6.48. The number of hydrogen-bond acceptors (Lipinski definition) is 3. The molecular weight excluding hydrogens is 347 g/mol. The largest absolute Gasteiger partial charge is 0.481 e. The van der Waals surface area contributed by atoms with Crippen LogP contribution in [0.2, 0.25) is 0 Å². The smallest absolute Gasteiger partial charge is 0.456 e. The number of alkyl halides is 5. The molecule has 0 saturated heterocycles. The van der Waals surface area contributed by atoms with E-state index < -0.39 is 46.6 Å². The third-order valence-corrected chi connectivity index (χ3v) is 4.72. The molecule has 0 radical (unpaired) electrons. The Labute approximate surface area is 130 Å². The first kappa shape index (κ1) is 19.5. The number of aliphatic carboxylic acids is 1. The van der Waals surface area contributed by atoms with Gasteiger partial charge in [0.05, 0.1) is 22.5 Å². The van der Waals surface area contributed by atoms with E-state index in [4.69, 9.17) is 5.11 Å². The lowest BCUT2D eigenvalue weighted by Crippen LogP contribution is -2.53. The van der Waals surface area contributed by atoms with E-state index in [1.165, 1.54) is 24.3 Å². The number of carbonyl (C=O) groups is 1. The molecule has 1 unspecified atom stereocenters. The summed E-state index contributed by atoms with van der Waals surface area (Å²) in [7, 11) is -2.57. The number of carboxylic acids is 1. The maximum atomic E-state index is 13.3. The highest BCUT2D eigenvalue weighted by Crippen LogP contribution is 2.41. The van der Waals surface area contributed by atoms with E-state index in [1.54, 1.807) is 6.92 Å². The third-order valence-electron chi connectivity index (χ3n) is 3.01. The summed E-state index contributed by atoms with van der Waals surface area (Å²) in [6.07, 6.45) is -10.9. The van der Waals surface area contributed by atoms with Gasteiger partial charge in [-0.2, -0.15) is 22.0 Å². The van der Waals surface area contributed by atoms with Gasteiger partial charge in [-0.1, -0.05) is 17.7 Å². The molecule has 10 heteroatoms. The molecule has 1 aromatic rings. The van der Waals surface area contributed by atoms with Crippen molar-refractivity contribution in [3.8, 4) is 0 Å². The van der Waals surface area contributed by atoms with Crippen molar-refractivity contribution in [1.82, 2.24) is 0 Å². The van der Waals surface area contributed by atoms with Gasteiger partial charge in [0.1, 0.15) is 6.10 Å². The standard InChI is InChI=1S/C13H13F5O4S/c1-7-2-4-8(5-3-7)23(22)9(6-10(19)20)11(21)12(14,15)13(16,17)18/h2-5,9,11,21H,6H2,1H3,(H,19,20)/t9-,11-,23?/m1/s1. The van der Waals surface area contributed by atoms with Crippen molar-refractivity contribution < 1.29 is 41.2 Å². The first-order valence-electron chi connectivity index (χ1n) is 6.19. The van der Waals surface area contributed by atoms with E-state index in [-0.39, 0.29) is 4.90 Å². The second-order valence-electron chi connectivity index (χ2n) is 4.81. The third kappa shape index (κ3) is 4.47. The van der Waals surface area contributed by atoms with Gasteiger partial charge >= 0.3 is 18.1 Å². The summed E-state index contributed by atoms with van der Waals surface area (Å²) in [6.45, 7) is 1.66. The summed E-state index contributed by atoms with van der Waals surface area (Å²) in [5.74, 6) is -7.35. The average molecular weight is 360 g/mol. The minimum absolute atomic E-state index is 0.154. The van der Waals surface area contributed by atoms with Gasteiger partial charge in [0, 0.05) is 4.90 Å². The summed E-state index contributed by atoms with van der Waals surface area (Å²) in [6, 6.07) is 5.27. The molecule has 0 saturated carbocycles. The summed E-state index contributed by atoms with van der Waals surface area (Å²) < 4.78 is 75.8. The number of rotatable bonds is 6. The van der Waals surface area contributed by atoms with E-state index in [9.17, 15) is 36.1 Å². The van der Waals surface area contributed by atoms with Crippen LogP contribution in [0.1, 0.15) is 12.0 Å². The molecule has 0 aliphatic carbocycles. The van der Waals surface area contributed by atoms with E-state index in [0.29, 0.717) is 5.56 Å². The Hall–Kier alpha value is -1.55. The van der Waals surface area contributed by atoms with Crippen LogP contribution in [0.25, 0.3) is 0 Å². The molecule has 0 aliphatic heterocycles. The van der Waals surface area contributed by atoms with Crippen molar-refractivity contribution in [1.29, 1.82) is 0 Å². The SMILES string of the molecule is Cc1ccc(S(=O)[C@H](CC(=O)O)[C@@H](O)C(F)(F)C(F)(F)F)cc1. The summed E-state index contributed by atoms with van der Waals surface area (Å²) in [5, 5.41) is 15.7. The van der Waals surface area contributed by atoms with E-state index in [1.807, 2.05) is 0 Å². The lowest BCUT2D eigenvalue weighted by atomic mass is 10.1. The predicted octanol–water partition coefficient (Wildman–Crippen LogP) is 2.50. The topological polar surface area (TPSA) is 74.6 Å². The van der Waals surface area contributed by atoms with Gasteiger partial charge in [-0.25, -0.2) is 0 Å². The fraction of sp³-hybridized carbons (Fsp3) is 0.462. The first-order chi connectivity index (χ1) is 10.4. The van der Waals surface area contributed by atoms with Crippen LogP contribution in [0.3, 0.4) is 0 Å². The molecule has 1 rings (SSSR count). The lowest BCUT2D eigenvalue weighted by molar-refractivity contribution is -0.312. The van der Waals surface area contributed by atoms with Crippen LogP contribution < -0.4 is 0 Å². The minimum Gasteiger partial charge on any atom is -0.481 e. The highest BCUT2D eigenvalue weighted by molar-refractivity contribution is 7.85. The average Bonchev–Trinajstić information content (AvgIpc) is 2.42. The van der Waals surface area contributed by atoms with Crippen molar-refractivity contribution in [2.24, 2.45) is 0 Å².